The van der Waals surface area contributed by atoms with Crippen LogP contribution in [0.2, 0.25) is 0 Å². The molecule has 0 N–H and O–H groups in total. The first kappa shape index (κ1) is 9.82. The summed E-state index contributed by atoms with van der Waals surface area (Å²) in [5.74, 6) is 1.48. The van der Waals surface area contributed by atoms with Gasteiger partial charge in [0.25, 0.3) is 0 Å². The second-order valence-corrected chi connectivity index (χ2v) is 4.45. The van der Waals surface area contributed by atoms with Crippen LogP contribution in [0.15, 0.2) is 34.0 Å². The van der Waals surface area contributed by atoms with Gasteiger partial charge in [-0.05, 0) is 25.0 Å². The van der Waals surface area contributed by atoms with Crippen molar-refractivity contribution in [2.75, 3.05) is 0 Å². The van der Waals surface area contributed by atoms with Crippen LogP contribution in [0.1, 0.15) is 37.8 Å². The zero-order valence-electron chi connectivity index (χ0n) is 9.22. The summed E-state index contributed by atoms with van der Waals surface area (Å²) in [6, 6.07) is 1.93. The highest BCUT2D eigenvalue weighted by molar-refractivity contribution is 5.76. The van der Waals surface area contributed by atoms with Crippen molar-refractivity contribution in [3.8, 4) is 0 Å². The predicted octanol–water partition coefficient (Wildman–Crippen LogP) is 3.05. The molecule has 1 fully saturated rings. The van der Waals surface area contributed by atoms with E-state index in [1.165, 1.54) is 25.2 Å². The summed E-state index contributed by atoms with van der Waals surface area (Å²) in [5.41, 5.74) is 0.613. The fourth-order valence-electron chi connectivity index (χ4n) is 2.70. The molecule has 2 heterocycles. The fourth-order valence-corrected chi connectivity index (χ4v) is 2.70. The van der Waals surface area contributed by atoms with Gasteiger partial charge in [0.1, 0.15) is 17.5 Å². The summed E-state index contributed by atoms with van der Waals surface area (Å²) in [7, 11) is 0. The highest BCUT2D eigenvalue weighted by atomic mass is 16.5. The summed E-state index contributed by atoms with van der Waals surface area (Å²) in [4.78, 5) is 4.64. The summed E-state index contributed by atoms with van der Waals surface area (Å²) >= 11 is 0. The third kappa shape index (κ3) is 1.42. The molecule has 3 nitrogen and oxygen atoms in total. The Kier molecular flexibility index (Phi) is 2.39. The first-order chi connectivity index (χ1) is 7.92. The van der Waals surface area contributed by atoms with E-state index in [1.54, 1.807) is 6.26 Å². The normalized spacial score (nSPS) is 30.0. The van der Waals surface area contributed by atoms with Crippen molar-refractivity contribution in [1.29, 1.82) is 0 Å². The minimum absolute atomic E-state index is 0.312. The van der Waals surface area contributed by atoms with Crippen LogP contribution in [-0.4, -0.2) is 11.4 Å². The molecule has 0 bridgehead atoms. The summed E-state index contributed by atoms with van der Waals surface area (Å²) in [6.07, 6.45) is 13.9. The van der Waals surface area contributed by atoms with E-state index < -0.39 is 0 Å². The monoisotopic (exact) mass is 215 g/mol. The molecule has 3 heteroatoms. The molecule has 0 spiro atoms. The van der Waals surface area contributed by atoms with Crippen LogP contribution in [0.3, 0.4) is 0 Å². The van der Waals surface area contributed by atoms with Gasteiger partial charge in [0.2, 0.25) is 0 Å². The third-order valence-electron chi connectivity index (χ3n) is 3.53. The van der Waals surface area contributed by atoms with E-state index in [4.69, 9.17) is 4.52 Å². The van der Waals surface area contributed by atoms with Crippen LogP contribution in [0, 0.1) is 5.92 Å². The number of nitrogens with zero attached hydrogens (tertiary/aromatic N) is 2. The Morgan fingerprint density at radius 2 is 2.06 bits per heavy atom. The predicted molar refractivity (Wildman–Crippen MR) is 62.1 cm³/mol. The van der Waals surface area contributed by atoms with Gasteiger partial charge in [-0.2, -0.15) is 0 Å². The zero-order valence-corrected chi connectivity index (χ0v) is 9.22. The van der Waals surface area contributed by atoms with E-state index in [2.05, 4.69) is 16.2 Å². The van der Waals surface area contributed by atoms with Gasteiger partial charge in [0, 0.05) is 18.2 Å². The van der Waals surface area contributed by atoms with E-state index in [0.717, 1.165) is 18.5 Å². The average molecular weight is 215 g/mol. The van der Waals surface area contributed by atoms with Crippen molar-refractivity contribution in [1.82, 2.24) is 5.16 Å². The van der Waals surface area contributed by atoms with E-state index in [0.29, 0.717) is 0 Å². The van der Waals surface area contributed by atoms with Crippen LogP contribution in [0.4, 0.5) is 0 Å². The van der Waals surface area contributed by atoms with Crippen LogP contribution >= 0.6 is 0 Å². The lowest BCUT2D eigenvalue weighted by Gasteiger charge is -2.33. The van der Waals surface area contributed by atoms with Crippen LogP contribution in [0.25, 0.3) is 0 Å². The molecular weight excluding hydrogens is 200 g/mol. The standard InChI is InChI=1S/C13H15N2O/c1-2-5-11(6-3-1)13(8-4-9-14-13)12-7-10-16-15-12/h4,7-10H,1-3,5-6H2. The number of hydrogen-bond donors (Lipinski definition) is 0. The Morgan fingerprint density at radius 1 is 1.19 bits per heavy atom. The van der Waals surface area contributed by atoms with Gasteiger partial charge in [-0.1, -0.05) is 24.4 Å². The van der Waals surface area contributed by atoms with Crippen molar-refractivity contribution >= 4 is 6.21 Å². The molecule has 0 saturated heterocycles. The lowest BCUT2D eigenvalue weighted by atomic mass is 9.73. The van der Waals surface area contributed by atoms with Gasteiger partial charge >= 0.3 is 0 Å². The molecule has 1 atom stereocenters. The lowest BCUT2D eigenvalue weighted by molar-refractivity contribution is 0.374. The minimum atomic E-state index is -0.312. The largest absolute Gasteiger partial charge is 0.364 e. The van der Waals surface area contributed by atoms with Crippen LogP contribution < -0.4 is 0 Å². The maximum atomic E-state index is 4.97. The molecule has 0 amide bonds. The molecule has 1 saturated carbocycles. The molecule has 1 aliphatic heterocycles. The van der Waals surface area contributed by atoms with Gasteiger partial charge in [0.05, 0.1) is 0 Å². The van der Waals surface area contributed by atoms with E-state index in [1.807, 2.05) is 18.4 Å². The molecule has 1 aromatic heterocycles. The Labute approximate surface area is 95.2 Å². The quantitative estimate of drug-likeness (QED) is 0.760. The summed E-state index contributed by atoms with van der Waals surface area (Å²) in [5, 5.41) is 4.08. The van der Waals surface area contributed by atoms with E-state index in [9.17, 15) is 0 Å². The summed E-state index contributed by atoms with van der Waals surface area (Å²) < 4.78 is 4.97. The van der Waals surface area contributed by atoms with Crippen molar-refractivity contribution in [2.45, 2.75) is 37.6 Å². The van der Waals surface area contributed by atoms with Crippen molar-refractivity contribution in [3.05, 3.63) is 36.1 Å². The Balaban J connectivity index is 1.97. The van der Waals surface area contributed by atoms with Gasteiger partial charge in [-0.15, -0.1) is 0 Å². The topological polar surface area (TPSA) is 38.4 Å². The fraction of sp³-hybridized carbons (Fsp3) is 0.462. The molecule has 2 aliphatic rings. The first-order valence-corrected chi connectivity index (χ1v) is 5.91. The van der Waals surface area contributed by atoms with Crippen molar-refractivity contribution in [3.63, 3.8) is 0 Å². The third-order valence-corrected chi connectivity index (χ3v) is 3.53. The average Bonchev–Trinajstić information content (AvgIpc) is 3.02. The molecule has 83 valence electrons. The van der Waals surface area contributed by atoms with Gasteiger partial charge in [-0.3, -0.25) is 4.99 Å². The van der Waals surface area contributed by atoms with E-state index in [-0.39, 0.29) is 5.54 Å². The van der Waals surface area contributed by atoms with Gasteiger partial charge in [-0.25, -0.2) is 0 Å². The second kappa shape index (κ2) is 3.89. The molecule has 1 radical (unpaired) electrons. The summed E-state index contributed by atoms with van der Waals surface area (Å²) in [6.45, 7) is 0. The Bertz CT molecular complexity index is 388. The zero-order chi connectivity index (χ0) is 10.8. The molecule has 1 unspecified atom stereocenters. The van der Waals surface area contributed by atoms with Gasteiger partial charge < -0.3 is 4.52 Å². The van der Waals surface area contributed by atoms with Gasteiger partial charge in [0.15, 0.2) is 0 Å². The SMILES string of the molecule is C1=CC([C]2CCCCC2)(c2ccon2)N=C1. The van der Waals surface area contributed by atoms with Crippen molar-refractivity contribution < 1.29 is 4.52 Å². The lowest BCUT2D eigenvalue weighted by Crippen LogP contribution is -2.30. The number of rotatable bonds is 2. The minimum Gasteiger partial charge on any atom is -0.364 e. The molecule has 0 aromatic carbocycles. The first-order valence-electron chi connectivity index (χ1n) is 5.91. The molecule has 16 heavy (non-hydrogen) atoms. The maximum Gasteiger partial charge on any atom is 0.131 e. The van der Waals surface area contributed by atoms with Crippen molar-refractivity contribution in [2.24, 2.45) is 4.99 Å². The second-order valence-electron chi connectivity index (χ2n) is 4.45. The number of allylic oxidation sites excluding steroid dienone is 1. The maximum absolute atomic E-state index is 4.97. The van der Waals surface area contributed by atoms with Crippen LogP contribution in [-0.2, 0) is 5.54 Å². The highest BCUT2D eigenvalue weighted by Gasteiger charge is 2.42. The molecular formula is C13H15N2O. The number of aromatic nitrogens is 1. The molecule has 3 rings (SSSR count). The van der Waals surface area contributed by atoms with E-state index >= 15 is 0 Å². The Morgan fingerprint density at radius 3 is 2.69 bits per heavy atom. The van der Waals surface area contributed by atoms with Crippen LogP contribution in [0.5, 0.6) is 0 Å². The smallest absolute Gasteiger partial charge is 0.131 e. The molecule has 1 aromatic rings. The molecule has 1 aliphatic carbocycles. The number of aliphatic imine (C=N–C) groups is 1. The highest BCUT2D eigenvalue weighted by Crippen LogP contribution is 2.45. The Hall–Kier alpha value is -1.38. The number of hydrogen-bond acceptors (Lipinski definition) is 3.